The van der Waals surface area contributed by atoms with Crippen LogP contribution in [0, 0.1) is 6.92 Å². The van der Waals surface area contributed by atoms with Crippen LogP contribution in [-0.4, -0.2) is 35.5 Å². The first-order chi connectivity index (χ1) is 8.21. The van der Waals surface area contributed by atoms with E-state index in [1.807, 2.05) is 19.9 Å². The topological polar surface area (TPSA) is 38.2 Å². The van der Waals surface area contributed by atoms with Crippen molar-refractivity contribution < 1.29 is 4.74 Å². The molecule has 4 nitrogen and oxygen atoms in total. The zero-order valence-corrected chi connectivity index (χ0v) is 11.5. The maximum absolute atomic E-state index is 5.81. The maximum atomic E-state index is 5.81. The molecule has 0 radical (unpaired) electrons. The number of aromatic nitrogens is 2. The first kappa shape index (κ1) is 14.0. The van der Waals surface area contributed by atoms with Crippen molar-refractivity contribution in [1.29, 1.82) is 0 Å². The highest BCUT2D eigenvalue weighted by Gasteiger charge is 2.09. The van der Waals surface area contributed by atoms with Crippen LogP contribution >= 0.6 is 11.6 Å². The standard InChI is InChI=1S/C12H20ClN3O/c1-4-7-16(8-6-13)11-9-12(17-5-2)15-10(3)14-11/h9H,4-8H2,1-3H3. The van der Waals surface area contributed by atoms with E-state index in [9.17, 15) is 0 Å². The molecule has 1 aromatic rings. The molecule has 1 aromatic heterocycles. The monoisotopic (exact) mass is 257 g/mol. The summed E-state index contributed by atoms with van der Waals surface area (Å²) < 4.78 is 5.42. The summed E-state index contributed by atoms with van der Waals surface area (Å²) in [5, 5.41) is 0. The summed E-state index contributed by atoms with van der Waals surface area (Å²) in [6.07, 6.45) is 1.06. The van der Waals surface area contributed by atoms with E-state index < -0.39 is 0 Å². The van der Waals surface area contributed by atoms with Crippen molar-refractivity contribution in [2.24, 2.45) is 0 Å². The number of anilines is 1. The molecular weight excluding hydrogens is 238 g/mol. The third-order valence-corrected chi connectivity index (χ3v) is 2.43. The van der Waals surface area contributed by atoms with Gasteiger partial charge in [0, 0.05) is 25.0 Å². The van der Waals surface area contributed by atoms with Gasteiger partial charge in [-0.05, 0) is 20.3 Å². The van der Waals surface area contributed by atoms with E-state index in [2.05, 4.69) is 21.8 Å². The van der Waals surface area contributed by atoms with Gasteiger partial charge in [-0.15, -0.1) is 11.6 Å². The Morgan fingerprint density at radius 1 is 1.29 bits per heavy atom. The van der Waals surface area contributed by atoms with Crippen molar-refractivity contribution in [2.75, 3.05) is 30.5 Å². The second-order valence-corrected chi connectivity index (χ2v) is 4.10. The average Bonchev–Trinajstić information content (AvgIpc) is 2.28. The van der Waals surface area contributed by atoms with E-state index in [4.69, 9.17) is 16.3 Å². The number of nitrogens with zero attached hydrogens (tertiary/aromatic N) is 3. The minimum atomic E-state index is 0.590. The number of aryl methyl sites for hydroxylation is 1. The Labute approximate surface area is 108 Å². The van der Waals surface area contributed by atoms with Crippen LogP contribution < -0.4 is 9.64 Å². The molecule has 0 saturated carbocycles. The summed E-state index contributed by atoms with van der Waals surface area (Å²) in [6, 6.07) is 1.87. The maximum Gasteiger partial charge on any atom is 0.218 e. The normalized spacial score (nSPS) is 10.4. The minimum Gasteiger partial charge on any atom is -0.478 e. The van der Waals surface area contributed by atoms with E-state index >= 15 is 0 Å². The molecule has 0 bridgehead atoms. The molecule has 0 spiro atoms. The molecular formula is C12H20ClN3O. The quantitative estimate of drug-likeness (QED) is 0.704. The van der Waals surface area contributed by atoms with Crippen molar-refractivity contribution in [3.05, 3.63) is 11.9 Å². The van der Waals surface area contributed by atoms with Gasteiger partial charge in [-0.3, -0.25) is 0 Å². The summed E-state index contributed by atoms with van der Waals surface area (Å²) in [6.45, 7) is 8.29. The van der Waals surface area contributed by atoms with E-state index in [1.165, 1.54) is 0 Å². The lowest BCUT2D eigenvalue weighted by atomic mass is 10.4. The summed E-state index contributed by atoms with van der Waals surface area (Å²) in [5.41, 5.74) is 0. The highest BCUT2D eigenvalue weighted by molar-refractivity contribution is 6.18. The molecule has 0 aliphatic rings. The van der Waals surface area contributed by atoms with Gasteiger partial charge in [-0.1, -0.05) is 6.92 Å². The number of alkyl halides is 1. The number of ether oxygens (including phenoxy) is 1. The van der Waals surface area contributed by atoms with Crippen LogP contribution in [0.3, 0.4) is 0 Å². The smallest absolute Gasteiger partial charge is 0.218 e. The first-order valence-corrected chi connectivity index (χ1v) is 6.54. The van der Waals surface area contributed by atoms with Gasteiger partial charge in [-0.25, -0.2) is 4.98 Å². The van der Waals surface area contributed by atoms with Gasteiger partial charge in [0.25, 0.3) is 0 Å². The van der Waals surface area contributed by atoms with Crippen LogP contribution in [0.1, 0.15) is 26.1 Å². The summed E-state index contributed by atoms with van der Waals surface area (Å²) in [4.78, 5) is 10.8. The predicted octanol–water partition coefficient (Wildman–Crippen LogP) is 2.64. The van der Waals surface area contributed by atoms with Gasteiger partial charge < -0.3 is 9.64 Å². The SMILES string of the molecule is CCCN(CCCl)c1cc(OCC)nc(C)n1. The van der Waals surface area contributed by atoms with Crippen molar-refractivity contribution in [3.63, 3.8) is 0 Å². The van der Waals surface area contributed by atoms with Crippen molar-refractivity contribution in [2.45, 2.75) is 27.2 Å². The second-order valence-electron chi connectivity index (χ2n) is 3.72. The fraction of sp³-hybridized carbons (Fsp3) is 0.667. The van der Waals surface area contributed by atoms with E-state index in [-0.39, 0.29) is 0 Å². The van der Waals surface area contributed by atoms with Crippen molar-refractivity contribution in [1.82, 2.24) is 9.97 Å². The number of rotatable bonds is 7. The molecule has 96 valence electrons. The highest BCUT2D eigenvalue weighted by atomic mass is 35.5. The highest BCUT2D eigenvalue weighted by Crippen LogP contribution is 2.17. The van der Waals surface area contributed by atoms with E-state index in [0.717, 1.165) is 31.2 Å². The van der Waals surface area contributed by atoms with Crippen LogP contribution in [0.25, 0.3) is 0 Å². The van der Waals surface area contributed by atoms with Crippen molar-refractivity contribution >= 4 is 17.4 Å². The lowest BCUT2D eigenvalue weighted by molar-refractivity contribution is 0.325. The Morgan fingerprint density at radius 2 is 2.06 bits per heavy atom. The lowest BCUT2D eigenvalue weighted by Gasteiger charge is -2.22. The first-order valence-electron chi connectivity index (χ1n) is 6.00. The molecule has 0 atom stereocenters. The zero-order chi connectivity index (χ0) is 12.7. The van der Waals surface area contributed by atoms with E-state index in [0.29, 0.717) is 18.4 Å². The van der Waals surface area contributed by atoms with Gasteiger partial charge in [0.05, 0.1) is 6.61 Å². The molecule has 0 aromatic carbocycles. The minimum absolute atomic E-state index is 0.590. The summed E-state index contributed by atoms with van der Waals surface area (Å²) in [7, 11) is 0. The Morgan fingerprint density at radius 3 is 2.65 bits per heavy atom. The molecule has 0 amide bonds. The Hall–Kier alpha value is -1.03. The van der Waals surface area contributed by atoms with E-state index in [1.54, 1.807) is 0 Å². The van der Waals surface area contributed by atoms with Gasteiger partial charge in [0.1, 0.15) is 11.6 Å². The fourth-order valence-corrected chi connectivity index (χ4v) is 1.83. The second kappa shape index (κ2) is 7.33. The molecule has 1 heterocycles. The van der Waals surface area contributed by atoms with Crippen LogP contribution in [0.5, 0.6) is 5.88 Å². The van der Waals surface area contributed by atoms with Crippen molar-refractivity contribution in [3.8, 4) is 5.88 Å². The largest absolute Gasteiger partial charge is 0.478 e. The van der Waals surface area contributed by atoms with Gasteiger partial charge in [-0.2, -0.15) is 4.98 Å². The average molecular weight is 258 g/mol. The molecule has 0 aliphatic heterocycles. The van der Waals surface area contributed by atoms with Crippen LogP contribution in [0.15, 0.2) is 6.07 Å². The van der Waals surface area contributed by atoms with Gasteiger partial charge in [0.15, 0.2) is 0 Å². The molecule has 0 aliphatic carbocycles. The Kier molecular flexibility index (Phi) is 6.05. The molecule has 0 unspecified atom stereocenters. The molecule has 0 fully saturated rings. The van der Waals surface area contributed by atoms with Crippen LogP contribution in [-0.2, 0) is 0 Å². The van der Waals surface area contributed by atoms with Crippen LogP contribution in [0.4, 0.5) is 5.82 Å². The van der Waals surface area contributed by atoms with Gasteiger partial charge in [0.2, 0.25) is 5.88 Å². The third kappa shape index (κ3) is 4.38. The summed E-state index contributed by atoms with van der Waals surface area (Å²) in [5.74, 6) is 2.84. The third-order valence-electron chi connectivity index (χ3n) is 2.27. The molecule has 0 N–H and O–H groups in total. The number of hydrogen-bond donors (Lipinski definition) is 0. The molecule has 0 saturated heterocycles. The molecule has 1 rings (SSSR count). The zero-order valence-electron chi connectivity index (χ0n) is 10.7. The Balaban J connectivity index is 2.92. The summed E-state index contributed by atoms with van der Waals surface area (Å²) >= 11 is 5.81. The predicted molar refractivity (Wildman–Crippen MR) is 71.2 cm³/mol. The molecule has 5 heteroatoms. The lowest BCUT2D eigenvalue weighted by Crippen LogP contribution is -2.27. The fourth-order valence-electron chi connectivity index (χ4n) is 1.62. The Bertz CT molecular complexity index is 341. The van der Waals surface area contributed by atoms with Crippen LogP contribution in [0.2, 0.25) is 0 Å². The van der Waals surface area contributed by atoms with Gasteiger partial charge >= 0.3 is 0 Å². The number of halogens is 1. The number of hydrogen-bond acceptors (Lipinski definition) is 4. The molecule has 17 heavy (non-hydrogen) atoms.